The molecule has 0 aliphatic heterocycles. The van der Waals surface area contributed by atoms with E-state index >= 15 is 0 Å². The van der Waals surface area contributed by atoms with E-state index in [4.69, 9.17) is 10.00 Å². The summed E-state index contributed by atoms with van der Waals surface area (Å²) in [6, 6.07) is 16.8. The average Bonchev–Trinajstić information content (AvgIpc) is 3.03. The lowest BCUT2D eigenvalue weighted by Crippen LogP contribution is -2.20. The molecule has 0 saturated heterocycles. The lowest BCUT2D eigenvalue weighted by Gasteiger charge is -2.12. The number of aromatic nitrogens is 2. The minimum Gasteiger partial charge on any atom is -0.491 e. The van der Waals surface area contributed by atoms with Gasteiger partial charge in [-0.15, -0.1) is 6.58 Å². The molecule has 6 heteroatoms. The molecule has 5 nitrogen and oxygen atoms in total. The van der Waals surface area contributed by atoms with Gasteiger partial charge in [0, 0.05) is 12.3 Å². The maximum Gasteiger partial charge on any atom is 0.169 e. The van der Waals surface area contributed by atoms with E-state index in [1.165, 1.54) is 11.8 Å². The number of hydrogen-bond donors (Lipinski definition) is 1. The number of nitrogens with zero attached hydrogens (tertiary/aromatic N) is 3. The summed E-state index contributed by atoms with van der Waals surface area (Å²) in [7, 11) is 0. The summed E-state index contributed by atoms with van der Waals surface area (Å²) in [5.74, 6) is 1.10. The number of nitriles is 1. The van der Waals surface area contributed by atoms with Crippen LogP contribution in [-0.4, -0.2) is 33.1 Å². The Morgan fingerprint density at radius 3 is 2.77 bits per heavy atom. The van der Waals surface area contributed by atoms with Crippen LogP contribution >= 0.6 is 11.8 Å². The van der Waals surface area contributed by atoms with Crippen LogP contribution < -0.4 is 4.74 Å². The highest BCUT2D eigenvalue weighted by atomic mass is 32.2. The van der Waals surface area contributed by atoms with Crippen LogP contribution in [0.1, 0.15) is 5.56 Å². The number of ether oxygens (including phenoxy) is 1. The third-order valence-electron chi connectivity index (χ3n) is 3.76. The molecule has 0 amide bonds. The van der Waals surface area contributed by atoms with Gasteiger partial charge >= 0.3 is 0 Å². The highest BCUT2D eigenvalue weighted by molar-refractivity contribution is 7.99. The lowest BCUT2D eigenvalue weighted by atomic mass is 10.2. The molecular formula is C20H19N3O2S. The molecule has 1 N–H and O–H groups in total. The van der Waals surface area contributed by atoms with Crippen molar-refractivity contribution in [1.82, 2.24) is 9.55 Å². The maximum atomic E-state index is 10.2. The topological polar surface area (TPSA) is 71.1 Å². The standard InChI is InChI=1S/C20H19N3O2S/c1-2-11-23-19-6-4-3-5-18(19)22-20(23)26-14-16(24)13-25-17-9-7-15(12-21)8-10-17/h2-10,16,24H,1,11,13-14H2. The van der Waals surface area contributed by atoms with Crippen LogP contribution in [0.3, 0.4) is 0 Å². The summed E-state index contributed by atoms with van der Waals surface area (Å²) < 4.78 is 7.66. The van der Waals surface area contributed by atoms with Gasteiger partial charge in [-0.05, 0) is 36.4 Å². The minimum atomic E-state index is -0.632. The van der Waals surface area contributed by atoms with Gasteiger partial charge in [-0.2, -0.15) is 5.26 Å². The number of allylic oxidation sites excluding steroid dienone is 1. The van der Waals surface area contributed by atoms with E-state index in [2.05, 4.69) is 22.2 Å². The Morgan fingerprint density at radius 2 is 2.04 bits per heavy atom. The minimum absolute atomic E-state index is 0.181. The molecule has 132 valence electrons. The number of thioether (sulfide) groups is 1. The predicted molar refractivity (Wildman–Crippen MR) is 103 cm³/mol. The molecular weight excluding hydrogens is 346 g/mol. The highest BCUT2D eigenvalue weighted by Gasteiger charge is 2.13. The van der Waals surface area contributed by atoms with Crippen LogP contribution in [0.4, 0.5) is 0 Å². The smallest absolute Gasteiger partial charge is 0.169 e. The second-order valence-electron chi connectivity index (χ2n) is 5.69. The van der Waals surface area contributed by atoms with Crippen molar-refractivity contribution in [3.05, 3.63) is 66.7 Å². The van der Waals surface area contributed by atoms with Crippen molar-refractivity contribution < 1.29 is 9.84 Å². The van der Waals surface area contributed by atoms with Crippen LogP contribution in [0.15, 0.2) is 66.3 Å². The molecule has 0 aliphatic rings. The van der Waals surface area contributed by atoms with E-state index in [1.54, 1.807) is 24.3 Å². The molecule has 1 atom stereocenters. The number of para-hydroxylation sites is 2. The fourth-order valence-corrected chi connectivity index (χ4v) is 3.44. The Labute approximate surface area is 156 Å². The van der Waals surface area contributed by atoms with Crippen LogP contribution in [0.25, 0.3) is 11.0 Å². The fraction of sp³-hybridized carbons (Fsp3) is 0.200. The summed E-state index contributed by atoms with van der Waals surface area (Å²) >= 11 is 1.49. The van der Waals surface area contributed by atoms with Crippen LogP contribution in [-0.2, 0) is 6.54 Å². The van der Waals surface area contributed by atoms with Crippen LogP contribution in [0, 0.1) is 11.3 Å². The second kappa shape index (κ2) is 8.56. The Balaban J connectivity index is 1.59. The molecule has 0 fully saturated rings. The van der Waals surface area contributed by atoms with Crippen molar-refractivity contribution in [2.24, 2.45) is 0 Å². The summed E-state index contributed by atoms with van der Waals surface area (Å²) in [4.78, 5) is 4.64. The quantitative estimate of drug-likeness (QED) is 0.488. The van der Waals surface area contributed by atoms with Crippen molar-refractivity contribution in [3.63, 3.8) is 0 Å². The first kappa shape index (κ1) is 18.1. The molecule has 3 aromatic rings. The Bertz CT molecular complexity index is 928. The summed E-state index contributed by atoms with van der Waals surface area (Å²) in [6.07, 6.45) is 1.20. The van der Waals surface area contributed by atoms with Crippen molar-refractivity contribution in [1.29, 1.82) is 5.26 Å². The molecule has 1 unspecified atom stereocenters. The van der Waals surface area contributed by atoms with Gasteiger partial charge in [-0.1, -0.05) is 30.0 Å². The van der Waals surface area contributed by atoms with Gasteiger partial charge in [0.05, 0.1) is 28.8 Å². The molecule has 0 bridgehead atoms. The third-order valence-corrected chi connectivity index (χ3v) is 4.88. The number of hydrogen-bond acceptors (Lipinski definition) is 5. The molecule has 0 saturated carbocycles. The lowest BCUT2D eigenvalue weighted by molar-refractivity contribution is 0.126. The number of imidazole rings is 1. The maximum absolute atomic E-state index is 10.2. The Hall–Kier alpha value is -2.75. The molecule has 0 spiro atoms. The normalized spacial score (nSPS) is 11.8. The van der Waals surface area contributed by atoms with Crippen molar-refractivity contribution >= 4 is 22.8 Å². The summed E-state index contributed by atoms with van der Waals surface area (Å²) in [5, 5.41) is 19.9. The van der Waals surface area contributed by atoms with E-state index in [0.29, 0.717) is 23.6 Å². The molecule has 0 radical (unpaired) electrons. The zero-order valence-electron chi connectivity index (χ0n) is 14.2. The zero-order valence-corrected chi connectivity index (χ0v) is 15.0. The van der Waals surface area contributed by atoms with Gasteiger partial charge in [0.1, 0.15) is 12.4 Å². The van der Waals surface area contributed by atoms with E-state index in [-0.39, 0.29) is 6.61 Å². The number of fused-ring (bicyclic) bond motifs is 1. The van der Waals surface area contributed by atoms with Gasteiger partial charge in [-0.3, -0.25) is 0 Å². The number of aliphatic hydroxyl groups excluding tert-OH is 1. The first-order chi connectivity index (χ1) is 12.7. The third kappa shape index (κ3) is 4.26. The van der Waals surface area contributed by atoms with E-state index in [1.807, 2.05) is 30.3 Å². The SMILES string of the molecule is C=CCn1c(SCC(O)COc2ccc(C#N)cc2)nc2ccccc21. The van der Waals surface area contributed by atoms with Crippen LogP contribution in [0.2, 0.25) is 0 Å². The predicted octanol–water partition coefficient (Wildman–Crippen LogP) is 3.63. The highest BCUT2D eigenvalue weighted by Crippen LogP contribution is 2.25. The van der Waals surface area contributed by atoms with Crippen LogP contribution in [0.5, 0.6) is 5.75 Å². The molecule has 2 aromatic carbocycles. The molecule has 0 aliphatic carbocycles. The van der Waals surface area contributed by atoms with Crippen molar-refractivity contribution in [2.75, 3.05) is 12.4 Å². The Kier molecular flexibility index (Phi) is 5.95. The summed E-state index contributed by atoms with van der Waals surface area (Å²) in [6.45, 7) is 4.66. The largest absolute Gasteiger partial charge is 0.491 e. The number of rotatable bonds is 8. The fourth-order valence-electron chi connectivity index (χ4n) is 2.51. The monoisotopic (exact) mass is 365 g/mol. The van der Waals surface area contributed by atoms with Gasteiger partial charge in [0.15, 0.2) is 5.16 Å². The first-order valence-corrected chi connectivity index (χ1v) is 9.20. The summed E-state index contributed by atoms with van der Waals surface area (Å²) in [5.41, 5.74) is 2.56. The molecule has 1 heterocycles. The molecule has 3 rings (SSSR count). The van der Waals surface area contributed by atoms with E-state index in [0.717, 1.165) is 16.2 Å². The second-order valence-corrected chi connectivity index (χ2v) is 6.68. The molecule has 1 aromatic heterocycles. The number of benzene rings is 2. The van der Waals surface area contributed by atoms with Crippen molar-refractivity contribution in [3.8, 4) is 11.8 Å². The van der Waals surface area contributed by atoms with Gasteiger partial charge in [0.25, 0.3) is 0 Å². The molecule has 26 heavy (non-hydrogen) atoms. The van der Waals surface area contributed by atoms with Gasteiger partial charge < -0.3 is 14.4 Å². The van der Waals surface area contributed by atoms with Crippen molar-refractivity contribution in [2.45, 2.75) is 17.8 Å². The van der Waals surface area contributed by atoms with E-state index < -0.39 is 6.10 Å². The zero-order chi connectivity index (χ0) is 18.4. The van der Waals surface area contributed by atoms with Gasteiger partial charge in [0.2, 0.25) is 0 Å². The Morgan fingerprint density at radius 1 is 1.27 bits per heavy atom. The average molecular weight is 365 g/mol. The number of aliphatic hydroxyl groups is 1. The van der Waals surface area contributed by atoms with E-state index in [9.17, 15) is 5.11 Å². The first-order valence-electron chi connectivity index (χ1n) is 8.21. The van der Waals surface area contributed by atoms with Gasteiger partial charge in [-0.25, -0.2) is 4.98 Å².